The molecule has 2 rings (SSSR count). The third-order valence-electron chi connectivity index (χ3n) is 3.24. The predicted molar refractivity (Wildman–Crippen MR) is 54.7 cm³/mol. The van der Waals surface area contributed by atoms with Crippen LogP contribution in [0.15, 0.2) is 0 Å². The summed E-state index contributed by atoms with van der Waals surface area (Å²) in [6.45, 7) is 8.33. The normalized spacial score (nSPS) is 27.6. The van der Waals surface area contributed by atoms with Crippen LogP contribution in [0.25, 0.3) is 0 Å². The van der Waals surface area contributed by atoms with Crippen molar-refractivity contribution in [2.45, 2.75) is 26.1 Å². The Morgan fingerprint density at radius 2 is 1.80 bits per heavy atom. The fourth-order valence-corrected chi connectivity index (χ4v) is 1.87. The van der Waals surface area contributed by atoms with E-state index in [-0.39, 0.29) is 5.41 Å². The van der Waals surface area contributed by atoms with Gasteiger partial charge in [0, 0.05) is 5.41 Å². The van der Waals surface area contributed by atoms with Crippen LogP contribution in [0.2, 0.25) is 0 Å². The molecule has 15 heavy (non-hydrogen) atoms. The Hall–Kier alpha value is -0.160. The zero-order valence-corrected chi connectivity index (χ0v) is 9.58. The Labute approximate surface area is 90.8 Å². The molecule has 0 unspecified atom stereocenters. The van der Waals surface area contributed by atoms with Crippen molar-refractivity contribution in [3.05, 3.63) is 0 Å². The molecule has 0 aromatic carbocycles. The van der Waals surface area contributed by atoms with Gasteiger partial charge < -0.3 is 18.9 Å². The SMILES string of the molecule is CCC1(COCC2(C)OCCO2)COC1. The lowest BCUT2D eigenvalue weighted by molar-refractivity contribution is -0.206. The van der Waals surface area contributed by atoms with E-state index in [4.69, 9.17) is 18.9 Å². The molecule has 4 nitrogen and oxygen atoms in total. The third-order valence-corrected chi connectivity index (χ3v) is 3.24. The lowest BCUT2D eigenvalue weighted by Crippen LogP contribution is -2.47. The third kappa shape index (κ3) is 2.50. The smallest absolute Gasteiger partial charge is 0.189 e. The molecule has 0 atom stereocenters. The first kappa shape index (κ1) is 11.3. The Bertz CT molecular complexity index is 199. The van der Waals surface area contributed by atoms with E-state index in [9.17, 15) is 0 Å². The maximum Gasteiger partial charge on any atom is 0.189 e. The summed E-state index contributed by atoms with van der Waals surface area (Å²) in [6.07, 6.45) is 1.10. The minimum atomic E-state index is -0.528. The fraction of sp³-hybridized carbons (Fsp3) is 1.00. The molecule has 88 valence electrons. The monoisotopic (exact) mass is 216 g/mol. The van der Waals surface area contributed by atoms with Crippen molar-refractivity contribution >= 4 is 0 Å². The first-order valence-electron chi connectivity index (χ1n) is 5.62. The second-order valence-electron chi connectivity index (χ2n) is 4.67. The van der Waals surface area contributed by atoms with E-state index in [1.54, 1.807) is 0 Å². The van der Waals surface area contributed by atoms with Crippen molar-refractivity contribution in [3.8, 4) is 0 Å². The highest BCUT2D eigenvalue weighted by atomic mass is 16.7. The van der Waals surface area contributed by atoms with Crippen molar-refractivity contribution < 1.29 is 18.9 Å². The van der Waals surface area contributed by atoms with Gasteiger partial charge in [0.15, 0.2) is 5.79 Å². The molecule has 0 bridgehead atoms. The Balaban J connectivity index is 1.69. The van der Waals surface area contributed by atoms with Gasteiger partial charge in [0.05, 0.1) is 33.0 Å². The number of hydrogen-bond acceptors (Lipinski definition) is 4. The second kappa shape index (κ2) is 4.37. The molecule has 0 amide bonds. The molecule has 2 saturated heterocycles. The lowest BCUT2D eigenvalue weighted by atomic mass is 9.84. The largest absolute Gasteiger partial charge is 0.380 e. The first-order chi connectivity index (χ1) is 7.18. The quantitative estimate of drug-likeness (QED) is 0.692. The summed E-state index contributed by atoms with van der Waals surface area (Å²) in [5.74, 6) is -0.528. The molecular formula is C11H20O4. The van der Waals surface area contributed by atoms with Gasteiger partial charge in [-0.1, -0.05) is 6.92 Å². The molecule has 2 aliphatic heterocycles. The molecule has 2 heterocycles. The molecule has 0 aromatic rings. The minimum absolute atomic E-state index is 0.245. The molecular weight excluding hydrogens is 196 g/mol. The molecule has 0 aliphatic carbocycles. The minimum Gasteiger partial charge on any atom is -0.380 e. The molecule has 2 fully saturated rings. The number of ether oxygens (including phenoxy) is 4. The van der Waals surface area contributed by atoms with Crippen molar-refractivity contribution in [2.24, 2.45) is 5.41 Å². The molecule has 0 saturated carbocycles. The van der Waals surface area contributed by atoms with Crippen LogP contribution in [0.5, 0.6) is 0 Å². The van der Waals surface area contributed by atoms with E-state index in [0.29, 0.717) is 19.8 Å². The van der Waals surface area contributed by atoms with Gasteiger partial charge >= 0.3 is 0 Å². The Morgan fingerprint density at radius 3 is 2.27 bits per heavy atom. The summed E-state index contributed by atoms with van der Waals surface area (Å²) >= 11 is 0. The summed E-state index contributed by atoms with van der Waals surface area (Å²) in [5, 5.41) is 0. The molecule has 0 N–H and O–H groups in total. The number of rotatable bonds is 5. The van der Waals surface area contributed by atoms with Crippen LogP contribution in [0.1, 0.15) is 20.3 Å². The summed E-state index contributed by atoms with van der Waals surface area (Å²) in [4.78, 5) is 0. The van der Waals surface area contributed by atoms with Crippen LogP contribution < -0.4 is 0 Å². The second-order valence-corrected chi connectivity index (χ2v) is 4.67. The van der Waals surface area contributed by atoms with Crippen LogP contribution in [0, 0.1) is 5.41 Å². The summed E-state index contributed by atoms with van der Waals surface area (Å²) < 4.78 is 21.8. The first-order valence-corrected chi connectivity index (χ1v) is 5.62. The Kier molecular flexibility index (Phi) is 3.30. The van der Waals surface area contributed by atoms with Crippen molar-refractivity contribution in [2.75, 3.05) is 39.6 Å². The molecule has 0 spiro atoms. The highest BCUT2D eigenvalue weighted by Crippen LogP contribution is 2.32. The fourth-order valence-electron chi connectivity index (χ4n) is 1.87. The van der Waals surface area contributed by atoms with Crippen molar-refractivity contribution in [3.63, 3.8) is 0 Å². The maximum atomic E-state index is 5.69. The standard InChI is InChI=1S/C11H20O4/c1-3-11(8-13-9-11)7-12-6-10(2)14-4-5-15-10/h3-9H2,1-2H3. The van der Waals surface area contributed by atoms with Gasteiger partial charge in [-0.15, -0.1) is 0 Å². The van der Waals surface area contributed by atoms with Crippen molar-refractivity contribution in [1.29, 1.82) is 0 Å². The average molecular weight is 216 g/mol. The Morgan fingerprint density at radius 1 is 1.13 bits per heavy atom. The molecule has 0 radical (unpaired) electrons. The number of hydrogen-bond donors (Lipinski definition) is 0. The van der Waals surface area contributed by atoms with E-state index < -0.39 is 5.79 Å². The van der Waals surface area contributed by atoms with Gasteiger partial charge in [0.2, 0.25) is 0 Å². The molecule has 4 heteroatoms. The summed E-state index contributed by atoms with van der Waals surface area (Å²) in [5.41, 5.74) is 0.245. The van der Waals surface area contributed by atoms with E-state index >= 15 is 0 Å². The van der Waals surface area contributed by atoms with Gasteiger partial charge in [-0.05, 0) is 13.3 Å². The maximum absolute atomic E-state index is 5.69. The lowest BCUT2D eigenvalue weighted by Gasteiger charge is -2.40. The van der Waals surface area contributed by atoms with Crippen LogP contribution in [-0.2, 0) is 18.9 Å². The summed E-state index contributed by atoms with van der Waals surface area (Å²) in [6, 6.07) is 0. The van der Waals surface area contributed by atoms with Crippen LogP contribution >= 0.6 is 0 Å². The predicted octanol–water partition coefficient (Wildman–Crippen LogP) is 1.19. The van der Waals surface area contributed by atoms with E-state index in [1.807, 2.05) is 6.92 Å². The topological polar surface area (TPSA) is 36.9 Å². The van der Waals surface area contributed by atoms with Crippen LogP contribution in [0.3, 0.4) is 0 Å². The van der Waals surface area contributed by atoms with E-state index in [2.05, 4.69) is 6.92 Å². The van der Waals surface area contributed by atoms with E-state index in [0.717, 1.165) is 26.2 Å². The van der Waals surface area contributed by atoms with Crippen LogP contribution in [0.4, 0.5) is 0 Å². The van der Waals surface area contributed by atoms with Gasteiger partial charge in [0.1, 0.15) is 6.61 Å². The van der Waals surface area contributed by atoms with E-state index in [1.165, 1.54) is 0 Å². The highest BCUT2D eigenvalue weighted by Gasteiger charge is 2.38. The molecule has 0 aromatic heterocycles. The van der Waals surface area contributed by atoms with Crippen molar-refractivity contribution in [1.82, 2.24) is 0 Å². The summed E-state index contributed by atoms with van der Waals surface area (Å²) in [7, 11) is 0. The zero-order valence-electron chi connectivity index (χ0n) is 9.58. The zero-order chi connectivity index (χ0) is 10.8. The average Bonchev–Trinajstić information content (AvgIpc) is 2.58. The van der Waals surface area contributed by atoms with Gasteiger partial charge in [0.25, 0.3) is 0 Å². The van der Waals surface area contributed by atoms with Gasteiger partial charge in [-0.2, -0.15) is 0 Å². The molecule has 2 aliphatic rings. The van der Waals surface area contributed by atoms with Gasteiger partial charge in [-0.3, -0.25) is 0 Å². The van der Waals surface area contributed by atoms with Crippen LogP contribution in [-0.4, -0.2) is 45.4 Å². The highest BCUT2D eigenvalue weighted by molar-refractivity contribution is 4.84. The van der Waals surface area contributed by atoms with Gasteiger partial charge in [-0.25, -0.2) is 0 Å².